The summed E-state index contributed by atoms with van der Waals surface area (Å²) in [4.78, 5) is 15.0. The maximum atomic E-state index is 14.5. The van der Waals surface area contributed by atoms with E-state index >= 15 is 0 Å². The maximum absolute atomic E-state index is 14.5. The van der Waals surface area contributed by atoms with Crippen molar-refractivity contribution >= 4 is 5.91 Å². The van der Waals surface area contributed by atoms with Crippen LogP contribution in [0.4, 0.5) is 4.39 Å². The second-order valence-corrected chi connectivity index (χ2v) is 7.70. The molecule has 0 saturated carbocycles. The van der Waals surface area contributed by atoms with Gasteiger partial charge in [-0.2, -0.15) is 0 Å². The Labute approximate surface area is 166 Å². The van der Waals surface area contributed by atoms with E-state index in [9.17, 15) is 9.18 Å². The predicted octanol–water partition coefficient (Wildman–Crippen LogP) is 3.57. The highest BCUT2D eigenvalue weighted by Crippen LogP contribution is 2.30. The quantitative estimate of drug-likeness (QED) is 0.793. The van der Waals surface area contributed by atoms with Crippen molar-refractivity contribution in [2.24, 2.45) is 0 Å². The zero-order chi connectivity index (χ0) is 20.0. The van der Waals surface area contributed by atoms with Crippen molar-refractivity contribution in [1.29, 1.82) is 0 Å². The van der Waals surface area contributed by atoms with Gasteiger partial charge in [0.1, 0.15) is 5.82 Å². The minimum absolute atomic E-state index is 0.0650. The van der Waals surface area contributed by atoms with Gasteiger partial charge in [0.2, 0.25) is 5.91 Å². The Kier molecular flexibility index (Phi) is 6.81. The molecule has 0 bridgehead atoms. The molecule has 0 unspecified atom stereocenters. The van der Waals surface area contributed by atoms with Gasteiger partial charge in [0.15, 0.2) is 0 Å². The number of nitrogens with zero attached hydrogens (tertiary/aromatic N) is 1. The van der Waals surface area contributed by atoms with Crippen LogP contribution in [0.2, 0.25) is 0 Å². The lowest BCUT2D eigenvalue weighted by molar-refractivity contribution is -0.122. The number of carbonyl (C=O) groups is 1. The van der Waals surface area contributed by atoms with Crippen molar-refractivity contribution in [3.63, 3.8) is 0 Å². The first kappa shape index (κ1) is 20.5. The fourth-order valence-electron chi connectivity index (χ4n) is 3.90. The highest BCUT2D eigenvalue weighted by Gasteiger charge is 2.35. The van der Waals surface area contributed by atoms with Crippen LogP contribution in [0.15, 0.2) is 54.6 Å². The number of rotatable bonds is 7. The van der Waals surface area contributed by atoms with Crippen LogP contribution in [0, 0.1) is 5.82 Å². The van der Waals surface area contributed by atoms with E-state index in [0.717, 1.165) is 18.4 Å². The summed E-state index contributed by atoms with van der Waals surface area (Å²) in [6, 6.07) is 16.4. The number of likely N-dealkylation sites (N-methyl/N-ethyl adjacent to an activating group) is 1. The molecule has 1 atom stereocenters. The Hall–Kier alpha value is -2.24. The molecule has 1 heterocycles. The van der Waals surface area contributed by atoms with E-state index in [4.69, 9.17) is 4.74 Å². The third-order valence-corrected chi connectivity index (χ3v) is 5.86. The minimum Gasteiger partial charge on any atom is -0.381 e. The molecular weight excluding hydrogens is 355 g/mol. The zero-order valence-electron chi connectivity index (χ0n) is 16.7. The number of nitrogens with one attached hydrogen (secondary N) is 1. The highest BCUT2D eigenvalue weighted by molar-refractivity contribution is 5.77. The number of carbonyl (C=O) groups excluding carboxylic acids is 1. The van der Waals surface area contributed by atoms with Gasteiger partial charge in [-0.05, 0) is 44.1 Å². The van der Waals surface area contributed by atoms with E-state index < -0.39 is 0 Å². The average molecular weight is 384 g/mol. The van der Waals surface area contributed by atoms with Crippen LogP contribution in [0.3, 0.4) is 0 Å². The number of halogens is 1. The lowest BCUT2D eigenvalue weighted by atomic mass is 9.87. The summed E-state index contributed by atoms with van der Waals surface area (Å²) >= 11 is 0. The van der Waals surface area contributed by atoms with E-state index in [1.165, 1.54) is 6.07 Å². The molecule has 4 nitrogen and oxygen atoms in total. The predicted molar refractivity (Wildman–Crippen MR) is 109 cm³/mol. The third kappa shape index (κ3) is 4.78. The number of benzene rings is 2. The van der Waals surface area contributed by atoms with Crippen LogP contribution < -0.4 is 5.32 Å². The lowest BCUT2D eigenvalue weighted by Gasteiger charge is -2.43. The summed E-state index contributed by atoms with van der Waals surface area (Å²) in [6.45, 7) is 1.98. The molecule has 0 aliphatic carbocycles. The zero-order valence-corrected chi connectivity index (χ0v) is 16.7. The maximum Gasteiger partial charge on any atom is 0.221 e. The Morgan fingerprint density at radius 3 is 2.39 bits per heavy atom. The van der Waals surface area contributed by atoms with E-state index in [1.807, 2.05) is 50.5 Å². The molecule has 2 aromatic carbocycles. The van der Waals surface area contributed by atoms with Crippen LogP contribution in [0.25, 0.3) is 0 Å². The highest BCUT2D eigenvalue weighted by atomic mass is 19.1. The van der Waals surface area contributed by atoms with E-state index in [0.29, 0.717) is 25.3 Å². The first-order valence-electron chi connectivity index (χ1n) is 9.83. The Balaban J connectivity index is 1.74. The fraction of sp³-hybridized carbons (Fsp3) is 0.435. The molecule has 1 fully saturated rings. The van der Waals surface area contributed by atoms with Gasteiger partial charge in [0.25, 0.3) is 0 Å². The second-order valence-electron chi connectivity index (χ2n) is 7.70. The minimum atomic E-state index is -0.313. The van der Waals surface area contributed by atoms with Crippen LogP contribution >= 0.6 is 0 Å². The van der Waals surface area contributed by atoms with E-state index in [1.54, 1.807) is 12.1 Å². The largest absolute Gasteiger partial charge is 0.381 e. The van der Waals surface area contributed by atoms with Crippen molar-refractivity contribution in [2.45, 2.75) is 30.7 Å². The number of hydrogen-bond donors (Lipinski definition) is 1. The molecule has 0 aromatic heterocycles. The van der Waals surface area contributed by atoms with Crippen LogP contribution in [-0.4, -0.2) is 50.2 Å². The molecule has 1 N–H and O–H groups in total. The first-order chi connectivity index (χ1) is 13.5. The van der Waals surface area contributed by atoms with Gasteiger partial charge < -0.3 is 15.0 Å². The normalized spacial score (nSPS) is 17.3. The molecule has 2 aromatic rings. The molecule has 1 aliphatic heterocycles. The van der Waals surface area contributed by atoms with Gasteiger partial charge in [-0.25, -0.2) is 4.39 Å². The second kappa shape index (κ2) is 9.30. The Morgan fingerprint density at radius 2 is 1.75 bits per heavy atom. The van der Waals surface area contributed by atoms with Crippen molar-refractivity contribution in [3.05, 3.63) is 71.5 Å². The van der Waals surface area contributed by atoms with Gasteiger partial charge in [-0.3, -0.25) is 4.79 Å². The number of amides is 1. The molecule has 0 radical (unpaired) electrons. The van der Waals surface area contributed by atoms with Crippen molar-refractivity contribution in [2.75, 3.05) is 33.9 Å². The van der Waals surface area contributed by atoms with Gasteiger partial charge in [-0.1, -0.05) is 48.5 Å². The number of ether oxygens (including phenoxy) is 1. The molecular formula is C23H29FN2O2. The van der Waals surface area contributed by atoms with Crippen LogP contribution in [-0.2, 0) is 9.53 Å². The Bertz CT molecular complexity index is 773. The number of hydrogen-bond acceptors (Lipinski definition) is 3. The summed E-state index contributed by atoms with van der Waals surface area (Å²) < 4.78 is 20.0. The standard InChI is InChI=1S/C23H29FN2O2/c1-26(2)23(12-14-28-15-13-23)17-25-22(27)16-20(18-8-4-3-5-9-18)19-10-6-7-11-21(19)24/h3-11,20H,12-17H2,1-2H3,(H,25,27)/t20-/m1/s1. The molecule has 1 saturated heterocycles. The SMILES string of the molecule is CN(C)C1(CNC(=O)C[C@H](c2ccccc2)c2ccccc2F)CCOCC1. The van der Waals surface area contributed by atoms with Crippen LogP contribution in [0.5, 0.6) is 0 Å². The monoisotopic (exact) mass is 384 g/mol. The molecule has 5 heteroatoms. The Morgan fingerprint density at radius 1 is 1.11 bits per heavy atom. The molecule has 1 aliphatic rings. The van der Waals surface area contributed by atoms with Gasteiger partial charge in [-0.15, -0.1) is 0 Å². The van der Waals surface area contributed by atoms with Crippen molar-refractivity contribution in [1.82, 2.24) is 10.2 Å². The topological polar surface area (TPSA) is 41.6 Å². The summed E-state index contributed by atoms with van der Waals surface area (Å²) in [6.07, 6.45) is 1.98. The summed E-state index contributed by atoms with van der Waals surface area (Å²) in [5.41, 5.74) is 1.40. The summed E-state index contributed by atoms with van der Waals surface area (Å²) in [5, 5.41) is 3.11. The molecule has 1 amide bonds. The van der Waals surface area contributed by atoms with E-state index in [-0.39, 0.29) is 29.6 Å². The lowest BCUT2D eigenvalue weighted by Crippen LogP contribution is -2.55. The first-order valence-corrected chi connectivity index (χ1v) is 9.83. The fourth-order valence-corrected chi connectivity index (χ4v) is 3.90. The summed E-state index contributed by atoms with van der Waals surface area (Å²) in [7, 11) is 4.09. The molecule has 0 spiro atoms. The summed E-state index contributed by atoms with van der Waals surface area (Å²) in [5.74, 6) is -0.657. The average Bonchev–Trinajstić information content (AvgIpc) is 2.72. The van der Waals surface area contributed by atoms with Crippen LogP contribution in [0.1, 0.15) is 36.3 Å². The smallest absolute Gasteiger partial charge is 0.221 e. The van der Waals surface area contributed by atoms with E-state index in [2.05, 4.69) is 10.2 Å². The third-order valence-electron chi connectivity index (χ3n) is 5.86. The molecule has 28 heavy (non-hydrogen) atoms. The van der Waals surface area contributed by atoms with Gasteiger partial charge >= 0.3 is 0 Å². The van der Waals surface area contributed by atoms with Gasteiger partial charge in [0, 0.05) is 37.6 Å². The van der Waals surface area contributed by atoms with Crippen molar-refractivity contribution < 1.29 is 13.9 Å². The molecule has 150 valence electrons. The molecule has 3 rings (SSSR count). The van der Waals surface area contributed by atoms with Gasteiger partial charge in [0.05, 0.1) is 0 Å². The van der Waals surface area contributed by atoms with Crippen molar-refractivity contribution in [3.8, 4) is 0 Å².